The van der Waals surface area contributed by atoms with Crippen LogP contribution in [0.1, 0.15) is 32.6 Å². The minimum absolute atomic E-state index is 0.0457. The van der Waals surface area contributed by atoms with Gasteiger partial charge in [-0.3, -0.25) is 4.55 Å². The summed E-state index contributed by atoms with van der Waals surface area (Å²) in [6.07, 6.45) is 4.68. The van der Waals surface area contributed by atoms with Crippen LogP contribution in [0.3, 0.4) is 0 Å². The van der Waals surface area contributed by atoms with Crippen LogP contribution in [-0.4, -0.2) is 24.7 Å². The van der Waals surface area contributed by atoms with Crippen LogP contribution in [-0.2, 0) is 10.1 Å². The number of rotatable bonds is 5. The maximum absolute atomic E-state index is 11.0. The Morgan fingerprint density at radius 2 is 1.62 bits per heavy atom. The fraction of sp³-hybridized carbons (Fsp3) is 0.375. The third-order valence-corrected chi connectivity index (χ3v) is 3.95. The van der Waals surface area contributed by atoms with Gasteiger partial charge in [0.05, 0.1) is 0 Å². The molecule has 0 amide bonds. The largest absolute Gasteiger partial charge is 0.396 e. The first-order valence-electron chi connectivity index (χ1n) is 7.06. The van der Waals surface area contributed by atoms with Gasteiger partial charge in [-0.15, -0.1) is 0 Å². The van der Waals surface area contributed by atoms with Crippen molar-refractivity contribution in [2.45, 2.75) is 37.5 Å². The molecule has 2 rings (SSSR count). The average molecular weight is 310 g/mol. The molecule has 2 aromatic rings. The quantitative estimate of drug-likeness (QED) is 0.653. The van der Waals surface area contributed by atoms with Crippen LogP contribution in [0.15, 0.2) is 47.4 Å². The molecule has 0 aromatic heterocycles. The molecule has 21 heavy (non-hydrogen) atoms. The van der Waals surface area contributed by atoms with Crippen molar-refractivity contribution < 1.29 is 18.1 Å². The van der Waals surface area contributed by atoms with Crippen LogP contribution < -0.4 is 0 Å². The zero-order chi connectivity index (χ0) is 15.7. The van der Waals surface area contributed by atoms with Gasteiger partial charge in [-0.25, -0.2) is 0 Å². The normalized spacial score (nSPS) is 11.0. The SMILES string of the molecule is CCCCCCO.O=S(=O)(O)c1cccc2ccccc12. The monoisotopic (exact) mass is 310 g/mol. The fourth-order valence-corrected chi connectivity index (χ4v) is 2.67. The molecule has 0 heterocycles. The van der Waals surface area contributed by atoms with Crippen LogP contribution in [0.4, 0.5) is 0 Å². The number of hydrogen-bond donors (Lipinski definition) is 2. The van der Waals surface area contributed by atoms with Crippen molar-refractivity contribution in [1.29, 1.82) is 0 Å². The molecule has 0 aliphatic heterocycles. The fourth-order valence-electron chi connectivity index (χ4n) is 1.96. The summed E-state index contributed by atoms with van der Waals surface area (Å²) in [5.41, 5.74) is 0. The molecule has 116 valence electrons. The molecular formula is C16H22O4S. The maximum Gasteiger partial charge on any atom is 0.295 e. The van der Waals surface area contributed by atoms with Crippen molar-refractivity contribution in [2.75, 3.05) is 6.61 Å². The Labute approximate surface area is 126 Å². The van der Waals surface area contributed by atoms with Gasteiger partial charge in [0.15, 0.2) is 0 Å². The van der Waals surface area contributed by atoms with Gasteiger partial charge in [-0.05, 0) is 17.9 Å². The first-order chi connectivity index (χ1) is 10.0. The van der Waals surface area contributed by atoms with Crippen LogP contribution in [0.25, 0.3) is 10.8 Å². The molecule has 0 saturated carbocycles. The first-order valence-corrected chi connectivity index (χ1v) is 8.50. The molecule has 0 aliphatic rings. The number of aliphatic hydroxyl groups is 1. The number of aliphatic hydroxyl groups excluding tert-OH is 1. The summed E-state index contributed by atoms with van der Waals surface area (Å²) in [5, 5.41) is 9.63. The molecule has 0 saturated heterocycles. The molecular weight excluding hydrogens is 288 g/mol. The molecule has 0 bridgehead atoms. The van der Waals surface area contributed by atoms with E-state index in [0.29, 0.717) is 12.0 Å². The van der Waals surface area contributed by atoms with Crippen molar-refractivity contribution in [3.05, 3.63) is 42.5 Å². The van der Waals surface area contributed by atoms with Crippen LogP contribution in [0.2, 0.25) is 0 Å². The van der Waals surface area contributed by atoms with E-state index in [-0.39, 0.29) is 4.90 Å². The molecule has 0 spiro atoms. The zero-order valence-corrected chi connectivity index (χ0v) is 13.0. The summed E-state index contributed by atoms with van der Waals surface area (Å²) >= 11 is 0. The molecule has 2 aromatic carbocycles. The second-order valence-corrected chi connectivity index (χ2v) is 6.13. The molecule has 0 unspecified atom stereocenters. The topological polar surface area (TPSA) is 74.6 Å². The number of fused-ring (bicyclic) bond motifs is 1. The summed E-state index contributed by atoms with van der Waals surface area (Å²) in [6, 6.07) is 11.8. The van der Waals surface area contributed by atoms with Crippen LogP contribution >= 0.6 is 0 Å². The molecule has 0 aliphatic carbocycles. The van der Waals surface area contributed by atoms with E-state index in [2.05, 4.69) is 6.92 Å². The van der Waals surface area contributed by atoms with Gasteiger partial charge in [0.25, 0.3) is 10.1 Å². The van der Waals surface area contributed by atoms with E-state index in [0.717, 1.165) is 11.8 Å². The van der Waals surface area contributed by atoms with E-state index in [1.165, 1.54) is 25.3 Å². The highest BCUT2D eigenvalue weighted by Crippen LogP contribution is 2.21. The minimum Gasteiger partial charge on any atom is -0.396 e. The standard InChI is InChI=1S/C10H8O3S.C6H14O/c11-14(12,13)10-7-3-5-8-4-1-2-6-9(8)10;1-2-3-4-5-6-7/h1-7H,(H,11,12,13);7H,2-6H2,1H3. The van der Waals surface area contributed by atoms with Crippen LogP contribution in [0.5, 0.6) is 0 Å². The highest BCUT2D eigenvalue weighted by Gasteiger charge is 2.12. The lowest BCUT2D eigenvalue weighted by Crippen LogP contribution is -1.98. The number of unbranched alkanes of at least 4 members (excludes halogenated alkanes) is 3. The lowest BCUT2D eigenvalue weighted by Gasteiger charge is -2.02. The van der Waals surface area contributed by atoms with Gasteiger partial charge in [0, 0.05) is 12.0 Å². The van der Waals surface area contributed by atoms with E-state index in [1.807, 2.05) is 6.07 Å². The predicted molar refractivity (Wildman–Crippen MR) is 85.0 cm³/mol. The molecule has 4 nitrogen and oxygen atoms in total. The summed E-state index contributed by atoms with van der Waals surface area (Å²) in [4.78, 5) is -0.0457. The maximum atomic E-state index is 11.0. The summed E-state index contributed by atoms with van der Waals surface area (Å²) in [7, 11) is -4.13. The average Bonchev–Trinajstić information content (AvgIpc) is 2.47. The minimum atomic E-state index is -4.13. The van der Waals surface area contributed by atoms with Gasteiger partial charge >= 0.3 is 0 Å². The molecule has 0 atom stereocenters. The Bertz CT molecular complexity index is 641. The summed E-state index contributed by atoms with van der Waals surface area (Å²) in [6.45, 7) is 2.53. The van der Waals surface area contributed by atoms with Crippen molar-refractivity contribution >= 4 is 20.9 Å². The van der Waals surface area contributed by atoms with Crippen molar-refractivity contribution in [2.24, 2.45) is 0 Å². The predicted octanol–water partition coefficient (Wildman–Crippen LogP) is 3.65. The van der Waals surface area contributed by atoms with Crippen LogP contribution in [0, 0.1) is 0 Å². The Morgan fingerprint density at radius 1 is 0.952 bits per heavy atom. The van der Waals surface area contributed by atoms with Gasteiger partial charge in [0.2, 0.25) is 0 Å². The smallest absolute Gasteiger partial charge is 0.295 e. The van der Waals surface area contributed by atoms with E-state index in [9.17, 15) is 8.42 Å². The van der Waals surface area contributed by atoms with Crippen molar-refractivity contribution in [3.8, 4) is 0 Å². The lowest BCUT2D eigenvalue weighted by molar-refractivity contribution is 0.283. The third kappa shape index (κ3) is 5.83. The molecule has 5 heteroatoms. The third-order valence-electron chi connectivity index (χ3n) is 3.04. The molecule has 0 fully saturated rings. The number of hydrogen-bond acceptors (Lipinski definition) is 3. The highest BCUT2D eigenvalue weighted by atomic mass is 32.2. The van der Waals surface area contributed by atoms with E-state index in [4.69, 9.17) is 9.66 Å². The molecule has 0 radical (unpaired) electrons. The second kappa shape index (κ2) is 8.77. The first kappa shape index (κ1) is 17.6. The lowest BCUT2D eigenvalue weighted by atomic mass is 10.1. The van der Waals surface area contributed by atoms with E-state index < -0.39 is 10.1 Å². The van der Waals surface area contributed by atoms with Crippen molar-refractivity contribution in [1.82, 2.24) is 0 Å². The van der Waals surface area contributed by atoms with Gasteiger partial charge < -0.3 is 5.11 Å². The summed E-state index contributed by atoms with van der Waals surface area (Å²) < 4.78 is 31.0. The number of benzene rings is 2. The Kier molecular flexibility index (Phi) is 7.36. The zero-order valence-electron chi connectivity index (χ0n) is 12.2. The van der Waals surface area contributed by atoms with Crippen molar-refractivity contribution in [3.63, 3.8) is 0 Å². The van der Waals surface area contributed by atoms with E-state index in [1.54, 1.807) is 30.3 Å². The summed E-state index contributed by atoms with van der Waals surface area (Å²) in [5.74, 6) is 0. The Hall–Kier alpha value is -1.43. The highest BCUT2D eigenvalue weighted by molar-refractivity contribution is 7.86. The second-order valence-electron chi connectivity index (χ2n) is 4.74. The Balaban J connectivity index is 0.000000270. The van der Waals surface area contributed by atoms with Gasteiger partial charge in [-0.1, -0.05) is 62.6 Å². The molecule has 2 N–H and O–H groups in total. The van der Waals surface area contributed by atoms with Gasteiger partial charge in [0.1, 0.15) is 4.90 Å². The Morgan fingerprint density at radius 3 is 2.24 bits per heavy atom. The van der Waals surface area contributed by atoms with Gasteiger partial charge in [-0.2, -0.15) is 8.42 Å². The van der Waals surface area contributed by atoms with E-state index >= 15 is 0 Å².